The number of rotatable bonds is 4. The quantitative estimate of drug-likeness (QED) is 0.448. The van der Waals surface area contributed by atoms with E-state index in [9.17, 15) is 19.6 Å². The molecule has 3 aliphatic rings. The van der Waals surface area contributed by atoms with Crippen molar-refractivity contribution in [1.82, 2.24) is 10.2 Å². The Morgan fingerprint density at radius 1 is 1.55 bits per heavy atom. The number of alkyl halides is 1. The Morgan fingerprint density at radius 3 is 3.03 bits per heavy atom. The van der Waals surface area contributed by atoms with Crippen molar-refractivity contribution >= 4 is 13.7 Å². The lowest BCUT2D eigenvalue weighted by atomic mass is 10.1. The number of para-hydroxylation sites is 1. The van der Waals surface area contributed by atoms with E-state index in [1.165, 1.54) is 12.1 Å². The molecule has 3 aliphatic heterocycles. The molecule has 0 aliphatic carbocycles. The molecular formula is C19H18FN2O8P. The lowest BCUT2D eigenvalue weighted by Crippen LogP contribution is -2.47. The highest BCUT2D eigenvalue weighted by Crippen LogP contribution is 2.55. The molecule has 1 aromatic rings. The van der Waals surface area contributed by atoms with Crippen molar-refractivity contribution in [1.29, 1.82) is 0 Å². The zero-order valence-electron chi connectivity index (χ0n) is 18.6. The Balaban J connectivity index is 1.65. The second kappa shape index (κ2) is 7.76. The molecule has 0 radical (unpaired) electrons. The van der Waals surface area contributed by atoms with E-state index in [4.69, 9.17) is 28.8 Å². The number of terminal acetylenes is 1. The van der Waals surface area contributed by atoms with Crippen molar-refractivity contribution in [3.05, 3.63) is 54.0 Å². The Hall–Kier alpha value is -2.71. The summed E-state index contributed by atoms with van der Waals surface area (Å²) in [7, 11) is -4.79. The van der Waals surface area contributed by atoms with Crippen LogP contribution in [0.15, 0.2) is 48.4 Å². The van der Waals surface area contributed by atoms with Gasteiger partial charge in [0.2, 0.25) is 0 Å². The number of amides is 1. The number of nitrogens with one attached hydrogen (secondary N) is 1. The van der Waals surface area contributed by atoms with Crippen LogP contribution in [0.3, 0.4) is 0 Å². The molecule has 12 heteroatoms. The number of aliphatic hydroxyl groups is 2. The van der Waals surface area contributed by atoms with Gasteiger partial charge in [0.15, 0.2) is 6.20 Å². The fourth-order valence-corrected chi connectivity index (χ4v) is 3.97. The Labute approximate surface area is 180 Å². The summed E-state index contributed by atoms with van der Waals surface area (Å²) in [5.74, 6) is -3.11. The number of phosphoric acid groups is 1. The van der Waals surface area contributed by atoms with Crippen LogP contribution in [0.1, 0.15) is 9.68 Å². The molecule has 1 amide bonds. The van der Waals surface area contributed by atoms with Gasteiger partial charge in [-0.05, 0) is 6.07 Å². The first kappa shape index (κ1) is 17.9. The van der Waals surface area contributed by atoms with Crippen molar-refractivity contribution in [3.63, 3.8) is 0 Å². The van der Waals surface area contributed by atoms with Crippen LogP contribution < -0.4 is 9.84 Å². The Bertz CT molecular complexity index is 1190. The minimum absolute atomic E-state index is 0.0378. The predicted molar refractivity (Wildman–Crippen MR) is 102 cm³/mol. The van der Waals surface area contributed by atoms with Crippen molar-refractivity contribution in [2.45, 2.75) is 30.9 Å². The molecule has 1 unspecified atom stereocenters. The van der Waals surface area contributed by atoms with Crippen LogP contribution in [0, 0.1) is 12.3 Å². The number of hydrogen-bond donors (Lipinski definition) is 3. The van der Waals surface area contributed by atoms with E-state index < -0.39 is 44.6 Å². The molecule has 1 aromatic carbocycles. The minimum atomic E-state index is -4.79. The van der Waals surface area contributed by atoms with Gasteiger partial charge in [0.05, 0.1) is 10.7 Å². The number of carbonyl (C=O) groups is 1. The van der Waals surface area contributed by atoms with Gasteiger partial charge in [-0.1, -0.05) is 30.7 Å². The van der Waals surface area contributed by atoms with Gasteiger partial charge >= 0.3 is 7.82 Å². The van der Waals surface area contributed by atoms with Gasteiger partial charge in [0, 0.05) is 11.8 Å². The van der Waals surface area contributed by atoms with Crippen LogP contribution in [0.4, 0.5) is 4.39 Å². The molecular weight excluding hydrogens is 434 g/mol. The number of fused-ring (bicyclic) bond motifs is 1. The van der Waals surface area contributed by atoms with Gasteiger partial charge in [-0.2, -0.15) is 0 Å². The zero-order valence-corrected chi connectivity index (χ0v) is 16.5. The molecule has 0 bridgehead atoms. The molecule has 5 atom stereocenters. The van der Waals surface area contributed by atoms with Crippen LogP contribution in [0.5, 0.6) is 5.75 Å². The van der Waals surface area contributed by atoms with E-state index in [1.807, 2.05) is 5.92 Å². The maximum absolute atomic E-state index is 15.9. The molecule has 3 N–H and O–H groups in total. The first-order valence-corrected chi connectivity index (χ1v) is 10.2. The number of benzene rings is 1. The maximum Gasteiger partial charge on any atom is 0.530 e. The van der Waals surface area contributed by atoms with E-state index in [1.54, 1.807) is 12.1 Å². The first-order valence-electron chi connectivity index (χ1n) is 10.2. The lowest BCUT2D eigenvalue weighted by Gasteiger charge is -2.33. The van der Waals surface area contributed by atoms with Crippen LogP contribution in [-0.2, 0) is 29.8 Å². The second-order valence-electron chi connectivity index (χ2n) is 6.55. The maximum atomic E-state index is 15.9. The van der Waals surface area contributed by atoms with Gasteiger partial charge in [0.1, 0.15) is 35.9 Å². The highest BCUT2D eigenvalue weighted by atomic mass is 31.2. The summed E-state index contributed by atoms with van der Waals surface area (Å²) in [5, 5.41) is 23.0. The molecule has 0 aromatic heterocycles. The number of carbonyl (C=O) groups excluding carboxylic acids is 1. The van der Waals surface area contributed by atoms with Crippen molar-refractivity contribution in [2.24, 2.45) is 0 Å². The smallest absolute Gasteiger partial charge is 0.404 e. The second-order valence-corrected chi connectivity index (χ2v) is 8.06. The highest BCUT2D eigenvalue weighted by Gasteiger charge is 2.58. The van der Waals surface area contributed by atoms with E-state index in [-0.39, 0.29) is 23.8 Å². The first-order chi connectivity index (χ1) is 15.8. The van der Waals surface area contributed by atoms with E-state index in [0.717, 1.165) is 6.20 Å². The monoisotopic (exact) mass is 455 g/mol. The van der Waals surface area contributed by atoms with Gasteiger partial charge in [-0.3, -0.25) is 13.8 Å². The van der Waals surface area contributed by atoms with Gasteiger partial charge in [0.25, 0.3) is 11.8 Å². The van der Waals surface area contributed by atoms with Crippen LogP contribution in [0.2, 0.25) is 0 Å². The lowest BCUT2D eigenvalue weighted by molar-refractivity contribution is -0.208. The molecule has 4 rings (SSSR count). The third-order valence-electron chi connectivity index (χ3n) is 4.49. The van der Waals surface area contributed by atoms with Gasteiger partial charge in [-0.15, -0.1) is 6.42 Å². The minimum Gasteiger partial charge on any atom is -0.404 e. The van der Waals surface area contributed by atoms with Crippen LogP contribution >= 0.6 is 7.82 Å². The molecule has 31 heavy (non-hydrogen) atoms. The third kappa shape index (κ3) is 3.85. The average molecular weight is 455 g/mol. The van der Waals surface area contributed by atoms with Gasteiger partial charge < -0.3 is 29.7 Å². The number of phosphoric ester groups is 1. The molecule has 1 saturated heterocycles. The summed E-state index contributed by atoms with van der Waals surface area (Å²) < 4.78 is 73.0. The standard InChI is InChI=1S/C19H18FN2O8P/c1-3-12-8-22(11(2)21-17(12)25)18-15(23)16(24)19(20,29-18)10-28-31(26)27-9-13-6-4-5-7-14(13)30-31/h1,4-8,15-16,18,23-24H,2,9-10H2,(H,21,25)/t15-,16+,18-,19-,31?/m1/s1/i10D2,18D. The van der Waals surface area contributed by atoms with Gasteiger partial charge in [-0.25, -0.2) is 8.96 Å². The molecule has 164 valence electrons. The third-order valence-corrected chi connectivity index (χ3v) is 5.67. The number of aliphatic hydroxyl groups excluding tert-OH is 2. The number of ether oxygens (including phenoxy) is 1. The van der Waals surface area contributed by atoms with Crippen molar-refractivity contribution in [2.75, 3.05) is 6.56 Å². The summed E-state index contributed by atoms with van der Waals surface area (Å²) >= 11 is 0. The summed E-state index contributed by atoms with van der Waals surface area (Å²) in [6, 6.07) is 6.17. The zero-order chi connectivity index (χ0) is 25.1. The normalized spacial score (nSPS) is 39.2. The topological polar surface area (TPSA) is 127 Å². The summed E-state index contributed by atoms with van der Waals surface area (Å²) in [4.78, 5) is 12.4. The summed E-state index contributed by atoms with van der Waals surface area (Å²) in [5.41, 5.74) is 0.111. The Morgan fingerprint density at radius 2 is 2.29 bits per heavy atom. The Kier molecular flexibility index (Phi) is 4.49. The fraction of sp³-hybridized carbons (Fsp3) is 0.316. The molecule has 1 fully saturated rings. The molecule has 3 heterocycles. The highest BCUT2D eigenvalue weighted by molar-refractivity contribution is 7.49. The van der Waals surface area contributed by atoms with E-state index in [0.29, 0.717) is 10.5 Å². The molecule has 10 nitrogen and oxygen atoms in total. The SMILES string of the molecule is [2H]C([2H])(OP1(=O)OCc2ccccc2O1)[C@@]1(F)O[C@@]([2H])(N2C=C(C#C)C(=O)NC2=C)[C@H](O)[C@@H]1O. The molecule has 0 saturated carbocycles. The van der Waals surface area contributed by atoms with E-state index >= 15 is 4.39 Å². The summed E-state index contributed by atoms with van der Waals surface area (Å²) in [6.45, 7) is -0.654. The molecule has 0 spiro atoms. The van der Waals surface area contributed by atoms with Crippen molar-refractivity contribution < 1.29 is 46.4 Å². The number of halogens is 1. The van der Waals surface area contributed by atoms with Crippen LogP contribution in [-0.4, -0.2) is 51.8 Å². The summed E-state index contributed by atoms with van der Waals surface area (Å²) in [6.07, 6.45) is -2.16. The average Bonchev–Trinajstić information content (AvgIpc) is 2.94. The number of nitrogens with zero attached hydrogens (tertiary/aromatic N) is 1. The van der Waals surface area contributed by atoms with E-state index in [2.05, 4.69) is 11.9 Å². The van der Waals surface area contributed by atoms with Crippen molar-refractivity contribution in [3.8, 4) is 18.1 Å². The predicted octanol–water partition coefficient (Wildman–Crippen LogP) is 0.884. The number of hydrogen-bond acceptors (Lipinski definition) is 9. The van der Waals surface area contributed by atoms with Crippen LogP contribution in [0.25, 0.3) is 0 Å². The largest absolute Gasteiger partial charge is 0.530 e. The fourth-order valence-electron chi connectivity index (χ4n) is 2.88.